The first-order valence-corrected chi connectivity index (χ1v) is 7.35. The Balaban J connectivity index is 1.80. The average molecular weight is 341 g/mol. The van der Waals surface area contributed by atoms with Gasteiger partial charge in [-0.1, -0.05) is 23.7 Å². The molecule has 1 N–H and O–H groups in total. The number of amides is 1. The number of carbonyl (C=O) groups is 2. The molecule has 0 radical (unpaired) electrons. The quantitative estimate of drug-likeness (QED) is 0.668. The largest absolute Gasteiger partial charge is 0.452 e. The van der Waals surface area contributed by atoms with E-state index < -0.39 is 18.5 Å². The van der Waals surface area contributed by atoms with Gasteiger partial charge in [0.15, 0.2) is 6.61 Å². The third kappa shape index (κ3) is 5.59. The summed E-state index contributed by atoms with van der Waals surface area (Å²) < 4.78 is 4.85. The molecule has 0 spiro atoms. The van der Waals surface area contributed by atoms with Crippen LogP contribution in [0.15, 0.2) is 54.6 Å². The van der Waals surface area contributed by atoms with Crippen LogP contribution >= 0.6 is 11.6 Å². The summed E-state index contributed by atoms with van der Waals surface area (Å²) in [5.41, 5.74) is 1.76. The second-order valence-corrected chi connectivity index (χ2v) is 5.17. The van der Waals surface area contributed by atoms with Crippen molar-refractivity contribution in [2.24, 2.45) is 0 Å². The fourth-order valence-electron chi connectivity index (χ4n) is 1.78. The number of esters is 1. The van der Waals surface area contributed by atoms with Crippen molar-refractivity contribution in [1.82, 2.24) is 0 Å². The summed E-state index contributed by atoms with van der Waals surface area (Å²) in [6.45, 7) is -0.404. The van der Waals surface area contributed by atoms with Crippen LogP contribution in [0.3, 0.4) is 0 Å². The van der Waals surface area contributed by atoms with Gasteiger partial charge in [-0.15, -0.1) is 0 Å². The van der Waals surface area contributed by atoms with Crippen LogP contribution in [0.1, 0.15) is 11.1 Å². The average Bonchev–Trinajstić information content (AvgIpc) is 2.59. The van der Waals surface area contributed by atoms with Gasteiger partial charge >= 0.3 is 5.97 Å². The standard InChI is InChI=1S/C18H13ClN2O3/c19-15-3-1-2-13(10-15)6-9-18(23)24-12-17(22)21-16-7-4-14(11-20)5-8-16/h1-10H,12H2,(H,21,22)/b9-6+. The van der Waals surface area contributed by atoms with Crippen LogP contribution in [-0.2, 0) is 14.3 Å². The minimum Gasteiger partial charge on any atom is -0.452 e. The predicted molar refractivity (Wildman–Crippen MR) is 91.2 cm³/mol. The van der Waals surface area contributed by atoms with Gasteiger partial charge in [0.25, 0.3) is 5.91 Å². The molecular formula is C18H13ClN2O3. The van der Waals surface area contributed by atoms with Crippen molar-refractivity contribution in [2.75, 3.05) is 11.9 Å². The minimum absolute atomic E-state index is 0.404. The number of anilines is 1. The van der Waals surface area contributed by atoms with Gasteiger partial charge in [0.05, 0.1) is 11.6 Å². The van der Waals surface area contributed by atoms with Crippen molar-refractivity contribution in [3.05, 3.63) is 70.8 Å². The Kier molecular flexibility index (Phi) is 6.12. The third-order valence-electron chi connectivity index (χ3n) is 2.90. The lowest BCUT2D eigenvalue weighted by molar-refractivity contribution is -0.142. The zero-order chi connectivity index (χ0) is 17.4. The highest BCUT2D eigenvalue weighted by molar-refractivity contribution is 6.30. The van der Waals surface area contributed by atoms with E-state index in [0.29, 0.717) is 16.3 Å². The summed E-state index contributed by atoms with van der Waals surface area (Å²) >= 11 is 5.84. The smallest absolute Gasteiger partial charge is 0.331 e. The van der Waals surface area contributed by atoms with E-state index in [2.05, 4.69) is 5.32 Å². The van der Waals surface area contributed by atoms with E-state index in [0.717, 1.165) is 5.56 Å². The molecule has 2 aromatic rings. The molecule has 2 aromatic carbocycles. The molecule has 5 nitrogen and oxygen atoms in total. The molecule has 0 unspecified atom stereocenters. The zero-order valence-corrected chi connectivity index (χ0v) is 13.3. The monoisotopic (exact) mass is 340 g/mol. The van der Waals surface area contributed by atoms with E-state index in [1.54, 1.807) is 54.6 Å². The van der Waals surface area contributed by atoms with Gasteiger partial charge in [-0.3, -0.25) is 4.79 Å². The highest BCUT2D eigenvalue weighted by atomic mass is 35.5. The summed E-state index contributed by atoms with van der Waals surface area (Å²) in [4.78, 5) is 23.3. The molecule has 0 atom stereocenters. The Labute approximate surface area is 144 Å². The molecule has 24 heavy (non-hydrogen) atoms. The van der Waals surface area contributed by atoms with Crippen LogP contribution in [0, 0.1) is 11.3 Å². The van der Waals surface area contributed by atoms with Gasteiger partial charge in [-0.25, -0.2) is 4.79 Å². The number of nitriles is 1. The molecule has 120 valence electrons. The number of nitrogens with one attached hydrogen (secondary N) is 1. The number of benzene rings is 2. The predicted octanol–water partition coefficient (Wildman–Crippen LogP) is 3.41. The first-order valence-electron chi connectivity index (χ1n) is 6.97. The molecule has 0 saturated heterocycles. The molecule has 0 fully saturated rings. The molecule has 0 heterocycles. The van der Waals surface area contributed by atoms with E-state index in [4.69, 9.17) is 21.6 Å². The number of hydrogen-bond donors (Lipinski definition) is 1. The number of ether oxygens (including phenoxy) is 1. The SMILES string of the molecule is N#Cc1ccc(NC(=O)COC(=O)/C=C/c2cccc(Cl)c2)cc1. The topological polar surface area (TPSA) is 79.2 Å². The van der Waals surface area contributed by atoms with Crippen LogP contribution in [0.5, 0.6) is 0 Å². The van der Waals surface area contributed by atoms with Crippen molar-refractivity contribution < 1.29 is 14.3 Å². The van der Waals surface area contributed by atoms with Crippen LogP contribution in [0.2, 0.25) is 5.02 Å². The Morgan fingerprint density at radius 1 is 1.21 bits per heavy atom. The van der Waals surface area contributed by atoms with E-state index >= 15 is 0 Å². The van der Waals surface area contributed by atoms with Gasteiger partial charge < -0.3 is 10.1 Å². The van der Waals surface area contributed by atoms with E-state index in [-0.39, 0.29) is 0 Å². The van der Waals surface area contributed by atoms with Gasteiger partial charge in [0, 0.05) is 16.8 Å². The maximum atomic E-state index is 11.7. The highest BCUT2D eigenvalue weighted by Crippen LogP contribution is 2.12. The van der Waals surface area contributed by atoms with Crippen molar-refractivity contribution in [3.63, 3.8) is 0 Å². The summed E-state index contributed by atoms with van der Waals surface area (Å²) in [6.07, 6.45) is 2.77. The molecule has 6 heteroatoms. The molecular weight excluding hydrogens is 328 g/mol. The molecule has 1 amide bonds. The van der Waals surface area contributed by atoms with Crippen LogP contribution < -0.4 is 5.32 Å². The lowest BCUT2D eigenvalue weighted by Gasteiger charge is -2.05. The third-order valence-corrected chi connectivity index (χ3v) is 3.14. The fraction of sp³-hybridized carbons (Fsp3) is 0.0556. The molecule has 0 aromatic heterocycles. The molecule has 2 rings (SSSR count). The maximum absolute atomic E-state index is 11.7. The van der Waals surface area contributed by atoms with E-state index in [9.17, 15) is 9.59 Å². The summed E-state index contributed by atoms with van der Waals surface area (Å²) in [7, 11) is 0. The maximum Gasteiger partial charge on any atom is 0.331 e. The Morgan fingerprint density at radius 3 is 2.62 bits per heavy atom. The molecule has 0 saturated carbocycles. The first-order chi connectivity index (χ1) is 11.6. The van der Waals surface area contributed by atoms with Crippen LogP contribution in [0.25, 0.3) is 6.08 Å². The summed E-state index contributed by atoms with van der Waals surface area (Å²) in [5, 5.41) is 11.8. The number of carbonyl (C=O) groups excluding carboxylic acids is 2. The number of hydrogen-bond acceptors (Lipinski definition) is 4. The lowest BCUT2D eigenvalue weighted by atomic mass is 10.2. The normalized spacial score (nSPS) is 10.2. The van der Waals surface area contributed by atoms with Crippen LogP contribution in [-0.4, -0.2) is 18.5 Å². The Morgan fingerprint density at radius 2 is 1.96 bits per heavy atom. The summed E-state index contributed by atoms with van der Waals surface area (Å²) in [5.74, 6) is -1.10. The van der Waals surface area contributed by atoms with Gasteiger partial charge in [0.1, 0.15) is 0 Å². The zero-order valence-electron chi connectivity index (χ0n) is 12.5. The van der Waals surface area contributed by atoms with Crippen molar-refractivity contribution >= 4 is 35.2 Å². The van der Waals surface area contributed by atoms with Crippen LogP contribution in [0.4, 0.5) is 5.69 Å². The number of halogens is 1. The minimum atomic E-state index is -0.634. The van der Waals surface area contributed by atoms with Gasteiger partial charge in [-0.05, 0) is 48.0 Å². The molecule has 0 bridgehead atoms. The molecule has 0 aliphatic carbocycles. The number of rotatable bonds is 5. The van der Waals surface area contributed by atoms with E-state index in [1.165, 1.54) is 6.08 Å². The Bertz CT molecular complexity index is 808. The lowest BCUT2D eigenvalue weighted by Crippen LogP contribution is -2.20. The molecule has 0 aliphatic rings. The highest BCUT2D eigenvalue weighted by Gasteiger charge is 2.05. The second-order valence-electron chi connectivity index (χ2n) is 4.73. The van der Waals surface area contributed by atoms with Crippen molar-refractivity contribution in [3.8, 4) is 6.07 Å². The second kappa shape index (κ2) is 8.51. The van der Waals surface area contributed by atoms with Crippen molar-refractivity contribution in [1.29, 1.82) is 5.26 Å². The van der Waals surface area contributed by atoms with Gasteiger partial charge in [-0.2, -0.15) is 5.26 Å². The Hall–Kier alpha value is -3.10. The van der Waals surface area contributed by atoms with Gasteiger partial charge in [0.2, 0.25) is 0 Å². The number of nitrogens with zero attached hydrogens (tertiary/aromatic N) is 1. The van der Waals surface area contributed by atoms with Crippen molar-refractivity contribution in [2.45, 2.75) is 0 Å². The fourth-order valence-corrected chi connectivity index (χ4v) is 1.98. The summed E-state index contributed by atoms with van der Waals surface area (Å²) in [6, 6.07) is 15.3. The molecule has 0 aliphatic heterocycles. The van der Waals surface area contributed by atoms with E-state index in [1.807, 2.05) is 6.07 Å². The first kappa shape index (κ1) is 17.3.